The molecule has 7 nitrogen and oxygen atoms in total. The molecule has 0 aromatic carbocycles. The van der Waals surface area contributed by atoms with Crippen molar-refractivity contribution in [2.75, 3.05) is 18.6 Å². The van der Waals surface area contributed by atoms with E-state index in [1.165, 1.54) is 18.3 Å². The molecule has 2 fully saturated rings. The Morgan fingerprint density at radius 1 is 1.45 bits per heavy atom. The number of nitrogen functional groups attached to an aromatic ring is 1. The molecule has 2 unspecified atom stereocenters. The summed E-state index contributed by atoms with van der Waals surface area (Å²) in [5, 5.41) is 0. The van der Waals surface area contributed by atoms with Gasteiger partial charge in [0.2, 0.25) is 10.0 Å². The van der Waals surface area contributed by atoms with Crippen LogP contribution in [0.2, 0.25) is 0 Å². The van der Waals surface area contributed by atoms with Gasteiger partial charge in [-0.05, 0) is 25.3 Å². The largest absolute Gasteiger partial charge is 0.375 e. The van der Waals surface area contributed by atoms with Gasteiger partial charge in [0.05, 0.1) is 23.6 Å². The van der Waals surface area contributed by atoms with Gasteiger partial charge < -0.3 is 10.2 Å². The number of ether oxygens (including phenoxy) is 1. The number of hydrazine groups is 1. The quantitative estimate of drug-likeness (QED) is 0.615. The van der Waals surface area contributed by atoms with Crippen molar-refractivity contribution >= 4 is 15.8 Å². The number of nitrogens with one attached hydrogen (secondary N) is 1. The molecule has 0 bridgehead atoms. The molecule has 0 amide bonds. The normalized spacial score (nSPS) is 27.2. The van der Waals surface area contributed by atoms with Crippen LogP contribution in [0.15, 0.2) is 23.2 Å². The smallest absolute Gasteiger partial charge is 0.243 e. The SMILES string of the molecule is NNc1cc(S(=O)(=O)N2CCOC3CCCC32)ccn1. The maximum atomic E-state index is 12.8. The van der Waals surface area contributed by atoms with Crippen LogP contribution in [0.3, 0.4) is 0 Å². The van der Waals surface area contributed by atoms with Gasteiger partial charge >= 0.3 is 0 Å². The molecule has 1 saturated carbocycles. The molecule has 3 rings (SSSR count). The van der Waals surface area contributed by atoms with Gasteiger partial charge in [-0.3, -0.25) is 0 Å². The lowest BCUT2D eigenvalue weighted by molar-refractivity contribution is -0.0241. The molecule has 0 radical (unpaired) electrons. The minimum absolute atomic E-state index is 0.0347. The van der Waals surface area contributed by atoms with Gasteiger partial charge in [0.15, 0.2) is 0 Å². The molecule has 2 atom stereocenters. The second kappa shape index (κ2) is 5.28. The second-order valence-electron chi connectivity index (χ2n) is 5.04. The summed E-state index contributed by atoms with van der Waals surface area (Å²) in [6, 6.07) is 2.90. The van der Waals surface area contributed by atoms with E-state index in [1.807, 2.05) is 0 Å². The summed E-state index contributed by atoms with van der Waals surface area (Å²) in [7, 11) is -3.53. The summed E-state index contributed by atoms with van der Waals surface area (Å²) in [6.45, 7) is 0.852. The molecule has 8 heteroatoms. The summed E-state index contributed by atoms with van der Waals surface area (Å²) in [6.07, 6.45) is 4.27. The van der Waals surface area contributed by atoms with Gasteiger partial charge in [0, 0.05) is 18.8 Å². The van der Waals surface area contributed by atoms with Crippen LogP contribution in [0.5, 0.6) is 0 Å². The number of aromatic nitrogens is 1. The van der Waals surface area contributed by atoms with E-state index in [9.17, 15) is 8.42 Å². The molecule has 1 aromatic rings. The van der Waals surface area contributed by atoms with Gasteiger partial charge in [0.25, 0.3) is 0 Å². The monoisotopic (exact) mass is 298 g/mol. The third kappa shape index (κ3) is 2.28. The standard InChI is InChI=1S/C12H18N4O3S/c13-15-12-8-9(4-5-14-12)20(17,18)16-6-7-19-11-3-1-2-10(11)16/h4-5,8,10-11H,1-3,6-7,13H2,(H,14,15). The van der Waals surface area contributed by atoms with E-state index in [2.05, 4.69) is 10.4 Å². The lowest BCUT2D eigenvalue weighted by Crippen LogP contribution is -2.51. The first kappa shape index (κ1) is 13.7. The molecule has 1 aliphatic heterocycles. The van der Waals surface area contributed by atoms with E-state index < -0.39 is 10.0 Å². The van der Waals surface area contributed by atoms with Crippen molar-refractivity contribution in [3.63, 3.8) is 0 Å². The molecule has 3 N–H and O–H groups in total. The average molecular weight is 298 g/mol. The highest BCUT2D eigenvalue weighted by molar-refractivity contribution is 7.89. The number of anilines is 1. The van der Waals surface area contributed by atoms with Crippen molar-refractivity contribution in [3.05, 3.63) is 18.3 Å². The first-order valence-electron chi connectivity index (χ1n) is 6.69. The highest BCUT2D eigenvalue weighted by Gasteiger charge is 2.42. The van der Waals surface area contributed by atoms with Gasteiger partial charge in [-0.2, -0.15) is 4.31 Å². The number of hydrogen-bond acceptors (Lipinski definition) is 6. The first-order chi connectivity index (χ1) is 9.63. The topological polar surface area (TPSA) is 97.5 Å². The molecular formula is C12H18N4O3S. The van der Waals surface area contributed by atoms with Crippen molar-refractivity contribution in [3.8, 4) is 0 Å². The zero-order chi connectivity index (χ0) is 14.2. The van der Waals surface area contributed by atoms with E-state index in [-0.39, 0.29) is 17.0 Å². The van der Waals surface area contributed by atoms with Gasteiger partial charge in [-0.1, -0.05) is 0 Å². The molecule has 1 aliphatic carbocycles. The van der Waals surface area contributed by atoms with Crippen molar-refractivity contribution < 1.29 is 13.2 Å². The summed E-state index contributed by atoms with van der Waals surface area (Å²) >= 11 is 0. The predicted octanol–water partition coefficient (Wildman–Crippen LogP) is 0.309. The Kier molecular flexibility index (Phi) is 3.63. The fourth-order valence-corrected chi connectivity index (χ4v) is 4.65. The summed E-state index contributed by atoms with van der Waals surface area (Å²) in [5.41, 5.74) is 2.37. The maximum absolute atomic E-state index is 12.8. The van der Waals surface area contributed by atoms with E-state index in [1.54, 1.807) is 4.31 Å². The van der Waals surface area contributed by atoms with E-state index in [0.29, 0.717) is 19.0 Å². The lowest BCUT2D eigenvalue weighted by Gasteiger charge is -2.36. The average Bonchev–Trinajstić information content (AvgIpc) is 2.95. The molecule has 110 valence electrons. The Morgan fingerprint density at radius 3 is 3.10 bits per heavy atom. The van der Waals surface area contributed by atoms with Gasteiger partial charge in [-0.25, -0.2) is 19.2 Å². The number of hydrogen-bond donors (Lipinski definition) is 2. The van der Waals surface area contributed by atoms with Crippen LogP contribution in [0.1, 0.15) is 19.3 Å². The van der Waals surface area contributed by atoms with Crippen molar-refractivity contribution in [1.82, 2.24) is 9.29 Å². The number of morpholine rings is 1. The van der Waals surface area contributed by atoms with Gasteiger partial charge in [-0.15, -0.1) is 0 Å². The van der Waals surface area contributed by atoms with Crippen molar-refractivity contribution in [2.24, 2.45) is 5.84 Å². The molecule has 1 aromatic heterocycles. The van der Waals surface area contributed by atoms with Crippen LogP contribution in [-0.4, -0.2) is 43.0 Å². The maximum Gasteiger partial charge on any atom is 0.243 e. The van der Waals surface area contributed by atoms with Crippen LogP contribution in [-0.2, 0) is 14.8 Å². The Hall–Kier alpha value is -1.22. The van der Waals surface area contributed by atoms with Crippen molar-refractivity contribution in [1.29, 1.82) is 0 Å². The number of rotatable bonds is 3. The van der Waals surface area contributed by atoms with Crippen LogP contribution in [0, 0.1) is 0 Å². The predicted molar refractivity (Wildman–Crippen MR) is 73.3 cm³/mol. The zero-order valence-electron chi connectivity index (χ0n) is 11.0. The molecule has 1 saturated heterocycles. The third-order valence-corrected chi connectivity index (χ3v) is 5.84. The number of nitrogens with zero attached hydrogens (tertiary/aromatic N) is 2. The van der Waals surface area contributed by atoms with Crippen LogP contribution < -0.4 is 11.3 Å². The van der Waals surface area contributed by atoms with Gasteiger partial charge in [0.1, 0.15) is 5.82 Å². The zero-order valence-corrected chi connectivity index (χ0v) is 11.8. The summed E-state index contributed by atoms with van der Waals surface area (Å²) in [5.74, 6) is 5.62. The Morgan fingerprint density at radius 2 is 2.30 bits per heavy atom. The molecule has 2 heterocycles. The van der Waals surface area contributed by atoms with E-state index in [0.717, 1.165) is 19.3 Å². The first-order valence-corrected chi connectivity index (χ1v) is 8.13. The van der Waals surface area contributed by atoms with Crippen molar-refractivity contribution in [2.45, 2.75) is 36.3 Å². The number of sulfonamides is 1. The Balaban J connectivity index is 1.94. The van der Waals surface area contributed by atoms with E-state index in [4.69, 9.17) is 10.6 Å². The lowest BCUT2D eigenvalue weighted by atomic mass is 10.2. The minimum atomic E-state index is -3.53. The molecule has 20 heavy (non-hydrogen) atoms. The van der Waals surface area contributed by atoms with Crippen LogP contribution in [0.4, 0.5) is 5.82 Å². The number of pyridine rings is 1. The van der Waals surface area contributed by atoms with E-state index >= 15 is 0 Å². The molecule has 0 spiro atoms. The summed E-state index contributed by atoms with van der Waals surface area (Å²) < 4.78 is 32.8. The van der Waals surface area contributed by atoms with Crippen LogP contribution >= 0.6 is 0 Å². The van der Waals surface area contributed by atoms with Crippen LogP contribution in [0.25, 0.3) is 0 Å². The minimum Gasteiger partial charge on any atom is -0.375 e. The highest BCUT2D eigenvalue weighted by Crippen LogP contribution is 2.33. The number of fused-ring (bicyclic) bond motifs is 1. The molecular weight excluding hydrogens is 280 g/mol. The second-order valence-corrected chi connectivity index (χ2v) is 6.93. The molecule has 2 aliphatic rings. The highest BCUT2D eigenvalue weighted by atomic mass is 32.2. The fraction of sp³-hybridized carbons (Fsp3) is 0.583. The Labute approximate surface area is 118 Å². The fourth-order valence-electron chi connectivity index (χ4n) is 2.97. The number of nitrogens with two attached hydrogens (primary N) is 1. The Bertz CT molecular complexity index is 592. The third-order valence-electron chi connectivity index (χ3n) is 3.92. The summed E-state index contributed by atoms with van der Waals surface area (Å²) in [4.78, 5) is 4.15.